The molecule has 0 fully saturated rings. The minimum absolute atomic E-state index is 0.0323. The van der Waals surface area contributed by atoms with Crippen molar-refractivity contribution in [1.82, 2.24) is 0 Å². The average Bonchev–Trinajstić information content (AvgIpc) is 2.93. The number of phenols is 4. The minimum Gasteiger partial charge on any atom is -0.506 e. The van der Waals surface area contributed by atoms with Crippen LogP contribution >= 0.6 is 46.4 Å². The molecule has 0 amide bonds. The van der Waals surface area contributed by atoms with Gasteiger partial charge in [0.25, 0.3) is 0 Å². The van der Waals surface area contributed by atoms with E-state index in [9.17, 15) is 20.4 Å². The van der Waals surface area contributed by atoms with E-state index in [4.69, 9.17) is 46.4 Å². The molecule has 5 aromatic carbocycles. The normalized spacial score (nSPS) is 11.3. The highest BCUT2D eigenvalue weighted by atomic mass is 35.5. The zero-order valence-electron chi connectivity index (χ0n) is 20.7. The zero-order valence-corrected chi connectivity index (χ0v) is 23.7. The van der Waals surface area contributed by atoms with Gasteiger partial charge in [-0.05, 0) is 81.9 Å². The molecule has 0 aromatic heterocycles. The molecule has 0 saturated carbocycles. The van der Waals surface area contributed by atoms with E-state index in [1.165, 1.54) is 24.3 Å². The van der Waals surface area contributed by atoms with Gasteiger partial charge >= 0.3 is 0 Å². The minimum atomic E-state index is -0.358. The maximum atomic E-state index is 10.1. The van der Waals surface area contributed by atoms with Gasteiger partial charge in [-0.2, -0.15) is 0 Å². The topological polar surface area (TPSA) is 80.9 Å². The number of hydrogen-bond acceptors (Lipinski definition) is 4. The first-order chi connectivity index (χ1) is 19.1. The molecule has 4 nitrogen and oxygen atoms in total. The van der Waals surface area contributed by atoms with Crippen molar-refractivity contribution >= 4 is 46.4 Å². The molecular formula is C32H22Cl4O4. The molecule has 0 spiro atoms. The summed E-state index contributed by atoms with van der Waals surface area (Å²) < 4.78 is 0. The number of phenolic OH excluding ortho intramolecular Hbond substituents is 4. The van der Waals surface area contributed by atoms with Crippen LogP contribution in [0.2, 0.25) is 20.1 Å². The van der Waals surface area contributed by atoms with Crippen molar-refractivity contribution in [2.75, 3.05) is 0 Å². The average molecular weight is 612 g/mol. The van der Waals surface area contributed by atoms with Crippen molar-refractivity contribution in [3.8, 4) is 23.0 Å². The second-order valence-electron chi connectivity index (χ2n) is 9.38. The molecule has 0 aliphatic heterocycles. The van der Waals surface area contributed by atoms with Gasteiger partial charge in [-0.25, -0.2) is 0 Å². The predicted molar refractivity (Wildman–Crippen MR) is 161 cm³/mol. The Labute approximate surface area is 251 Å². The molecule has 0 unspecified atom stereocenters. The molecule has 0 atom stereocenters. The van der Waals surface area contributed by atoms with Crippen LogP contribution in [0.5, 0.6) is 23.0 Å². The summed E-state index contributed by atoms with van der Waals surface area (Å²) in [7, 11) is 0. The Balaban J connectivity index is 1.71. The SMILES string of the molecule is Oc1ccc(C(c2cccc(C(c3ccc(O)c(Cl)c3)c3ccc(O)c(Cl)c3)c2)c2ccc(O)c(Cl)c2)cc1Cl. The van der Waals surface area contributed by atoms with E-state index < -0.39 is 0 Å². The van der Waals surface area contributed by atoms with E-state index in [0.717, 1.165) is 33.4 Å². The number of hydrogen-bond donors (Lipinski definition) is 4. The molecule has 8 heteroatoms. The lowest BCUT2D eigenvalue weighted by Gasteiger charge is -2.24. The molecule has 4 N–H and O–H groups in total. The summed E-state index contributed by atoms with van der Waals surface area (Å²) in [4.78, 5) is 0. The molecule has 0 aliphatic rings. The maximum Gasteiger partial charge on any atom is 0.134 e. The summed E-state index contributed by atoms with van der Waals surface area (Å²) in [5, 5.41) is 41.1. The van der Waals surface area contributed by atoms with E-state index in [-0.39, 0.29) is 54.9 Å². The first-order valence-corrected chi connectivity index (χ1v) is 13.7. The second-order valence-corrected chi connectivity index (χ2v) is 11.0. The predicted octanol–water partition coefficient (Wildman–Crippen LogP) is 9.48. The zero-order chi connectivity index (χ0) is 28.6. The Kier molecular flexibility index (Phi) is 8.07. The third kappa shape index (κ3) is 5.67. The Morgan fingerprint density at radius 2 is 0.600 bits per heavy atom. The standard InChI is InChI=1S/C32H22Cl4O4/c33-23-13-19(4-8-27(23)37)31(20-5-9-28(38)24(34)14-20)17-2-1-3-18(12-17)32(21-6-10-29(39)25(35)15-21)22-7-11-30(40)26(36)16-22/h1-16,31-32,37-40H. The third-order valence-corrected chi connectivity index (χ3v) is 8.01. The van der Waals surface area contributed by atoms with Crippen LogP contribution in [0.3, 0.4) is 0 Å². The molecule has 5 rings (SSSR count). The van der Waals surface area contributed by atoms with Crippen LogP contribution in [0, 0.1) is 0 Å². The van der Waals surface area contributed by atoms with Crippen LogP contribution in [0.15, 0.2) is 97.1 Å². The largest absolute Gasteiger partial charge is 0.506 e. The van der Waals surface area contributed by atoms with E-state index in [0.29, 0.717) is 0 Å². The second kappa shape index (κ2) is 11.5. The van der Waals surface area contributed by atoms with Crippen molar-refractivity contribution in [2.24, 2.45) is 0 Å². The van der Waals surface area contributed by atoms with Crippen molar-refractivity contribution in [3.63, 3.8) is 0 Å². The summed E-state index contributed by atoms with van der Waals surface area (Å²) in [6.45, 7) is 0. The summed E-state index contributed by atoms with van der Waals surface area (Å²) in [5.41, 5.74) is 5.00. The quantitative estimate of drug-likeness (QED) is 0.144. The molecule has 0 heterocycles. The third-order valence-electron chi connectivity index (χ3n) is 6.80. The molecule has 202 valence electrons. The number of halogens is 4. The highest BCUT2D eigenvalue weighted by molar-refractivity contribution is 6.33. The van der Waals surface area contributed by atoms with Crippen molar-refractivity contribution in [3.05, 3.63) is 151 Å². The van der Waals surface area contributed by atoms with Gasteiger partial charge in [0.2, 0.25) is 0 Å². The van der Waals surface area contributed by atoms with Gasteiger partial charge < -0.3 is 20.4 Å². The van der Waals surface area contributed by atoms with Gasteiger partial charge in [0.1, 0.15) is 23.0 Å². The Bertz CT molecular complexity index is 1490. The van der Waals surface area contributed by atoms with Crippen molar-refractivity contribution < 1.29 is 20.4 Å². The van der Waals surface area contributed by atoms with Gasteiger partial charge in [0.05, 0.1) is 20.1 Å². The summed E-state index contributed by atoms with van der Waals surface area (Å²) in [5.74, 6) is -0.845. The smallest absolute Gasteiger partial charge is 0.134 e. The lowest BCUT2D eigenvalue weighted by atomic mass is 9.80. The van der Waals surface area contributed by atoms with Crippen LogP contribution in [-0.2, 0) is 0 Å². The molecule has 0 bridgehead atoms. The Morgan fingerprint density at radius 3 is 0.850 bits per heavy atom. The Hall–Kier alpha value is -3.54. The van der Waals surface area contributed by atoms with E-state index in [1.54, 1.807) is 48.5 Å². The van der Waals surface area contributed by atoms with E-state index in [2.05, 4.69) is 0 Å². The molecule has 0 radical (unpaired) electrons. The van der Waals surface area contributed by atoms with Crippen LogP contribution in [-0.4, -0.2) is 20.4 Å². The fourth-order valence-corrected chi connectivity index (χ4v) is 5.64. The van der Waals surface area contributed by atoms with Gasteiger partial charge in [-0.1, -0.05) is 94.9 Å². The first kappa shape index (κ1) is 28.0. The molecular weight excluding hydrogens is 590 g/mol. The lowest BCUT2D eigenvalue weighted by Crippen LogP contribution is -2.08. The van der Waals surface area contributed by atoms with Crippen molar-refractivity contribution in [1.29, 1.82) is 0 Å². The van der Waals surface area contributed by atoms with Gasteiger partial charge in [0, 0.05) is 11.8 Å². The monoisotopic (exact) mass is 610 g/mol. The van der Waals surface area contributed by atoms with Gasteiger partial charge in [0.15, 0.2) is 0 Å². The summed E-state index contributed by atoms with van der Waals surface area (Å²) in [6.07, 6.45) is 0. The Morgan fingerprint density at radius 1 is 0.350 bits per heavy atom. The first-order valence-electron chi connectivity index (χ1n) is 12.2. The van der Waals surface area contributed by atoms with Crippen LogP contribution in [0.4, 0.5) is 0 Å². The number of aromatic hydroxyl groups is 4. The summed E-state index contributed by atoms with van der Waals surface area (Å²) >= 11 is 25.2. The van der Waals surface area contributed by atoms with E-state index >= 15 is 0 Å². The van der Waals surface area contributed by atoms with Crippen LogP contribution < -0.4 is 0 Å². The fourth-order valence-electron chi connectivity index (χ4n) is 4.88. The van der Waals surface area contributed by atoms with Crippen LogP contribution in [0.25, 0.3) is 0 Å². The fraction of sp³-hybridized carbons (Fsp3) is 0.0625. The maximum absolute atomic E-state index is 10.1. The van der Waals surface area contributed by atoms with Gasteiger partial charge in [-0.15, -0.1) is 0 Å². The highest BCUT2D eigenvalue weighted by Gasteiger charge is 2.24. The molecule has 40 heavy (non-hydrogen) atoms. The highest BCUT2D eigenvalue weighted by Crippen LogP contribution is 2.42. The van der Waals surface area contributed by atoms with Crippen LogP contribution in [0.1, 0.15) is 45.2 Å². The molecule has 0 aliphatic carbocycles. The molecule has 0 saturated heterocycles. The van der Waals surface area contributed by atoms with E-state index in [1.807, 2.05) is 24.3 Å². The van der Waals surface area contributed by atoms with Gasteiger partial charge in [-0.3, -0.25) is 0 Å². The number of benzene rings is 5. The van der Waals surface area contributed by atoms with Crippen molar-refractivity contribution in [2.45, 2.75) is 11.8 Å². The number of rotatable bonds is 6. The molecule has 5 aromatic rings. The lowest BCUT2D eigenvalue weighted by molar-refractivity contribution is 0.474. The summed E-state index contributed by atoms with van der Waals surface area (Å²) in [6, 6.07) is 28.0.